The number of carboxylic acids is 2. The van der Waals surface area contributed by atoms with Crippen LogP contribution in [0.4, 0.5) is 0 Å². The second-order valence-electron chi connectivity index (χ2n) is 8.33. The lowest BCUT2D eigenvalue weighted by molar-refractivity contribution is -0.147. The van der Waals surface area contributed by atoms with Crippen molar-refractivity contribution in [1.82, 2.24) is 16.0 Å². The Morgan fingerprint density at radius 1 is 0.844 bits per heavy atom. The van der Waals surface area contributed by atoms with Crippen molar-refractivity contribution in [3.63, 3.8) is 0 Å². The van der Waals surface area contributed by atoms with E-state index < -0.39 is 72.3 Å². The minimum atomic E-state index is -1.67. The summed E-state index contributed by atoms with van der Waals surface area (Å²) < 4.78 is 0. The maximum absolute atomic E-state index is 12.9. The van der Waals surface area contributed by atoms with Crippen LogP contribution >= 0.6 is 0 Å². The zero-order chi connectivity index (χ0) is 25.2. The molecule has 0 aliphatic heterocycles. The van der Waals surface area contributed by atoms with Gasteiger partial charge in [-0.15, -0.1) is 0 Å². The molecule has 6 atom stereocenters. The van der Waals surface area contributed by atoms with Crippen LogP contribution in [0.3, 0.4) is 0 Å². The topological polar surface area (TPSA) is 208 Å². The van der Waals surface area contributed by atoms with Crippen LogP contribution in [0.1, 0.15) is 53.9 Å². The molecule has 0 saturated heterocycles. The van der Waals surface area contributed by atoms with Crippen molar-refractivity contribution in [2.75, 3.05) is 0 Å². The smallest absolute Gasteiger partial charge is 0.326 e. The van der Waals surface area contributed by atoms with Gasteiger partial charge in [0.2, 0.25) is 17.7 Å². The fraction of sp³-hybridized carbons (Fsp3) is 0.750. The molecule has 0 aromatic rings. The van der Waals surface area contributed by atoms with Crippen LogP contribution in [0.2, 0.25) is 0 Å². The average molecular weight is 461 g/mol. The van der Waals surface area contributed by atoms with E-state index in [4.69, 9.17) is 15.9 Å². The number of aliphatic hydroxyl groups excluding tert-OH is 1. The van der Waals surface area contributed by atoms with Crippen molar-refractivity contribution in [2.45, 2.75) is 84.2 Å². The summed E-state index contributed by atoms with van der Waals surface area (Å²) in [6.07, 6.45) is -1.30. The van der Waals surface area contributed by atoms with Gasteiger partial charge in [-0.2, -0.15) is 0 Å². The first-order valence-electron chi connectivity index (χ1n) is 10.5. The third kappa shape index (κ3) is 10.1. The van der Waals surface area contributed by atoms with Gasteiger partial charge in [0.05, 0.1) is 12.5 Å². The number of carboxylic acid groups (broad SMARTS) is 2. The quantitative estimate of drug-likeness (QED) is 0.166. The molecule has 8 N–H and O–H groups in total. The van der Waals surface area contributed by atoms with E-state index in [0.29, 0.717) is 6.42 Å². The molecule has 0 fully saturated rings. The van der Waals surface area contributed by atoms with Crippen LogP contribution in [-0.2, 0) is 24.0 Å². The van der Waals surface area contributed by atoms with E-state index >= 15 is 0 Å². The second kappa shape index (κ2) is 13.6. The number of carbonyl (C=O) groups excluding carboxylic acids is 3. The molecule has 0 rings (SSSR count). The molecule has 0 aliphatic rings. The van der Waals surface area contributed by atoms with Gasteiger partial charge in [0.1, 0.15) is 24.2 Å². The number of nitrogens with two attached hydrogens (primary N) is 1. The summed E-state index contributed by atoms with van der Waals surface area (Å²) in [4.78, 5) is 60.0. The van der Waals surface area contributed by atoms with Crippen molar-refractivity contribution in [3.05, 3.63) is 0 Å². The Kier molecular flexibility index (Phi) is 12.5. The number of rotatable bonds is 14. The predicted octanol–water partition coefficient (Wildman–Crippen LogP) is -1.20. The minimum Gasteiger partial charge on any atom is -0.481 e. The molecule has 0 radical (unpaired) electrons. The third-order valence-electron chi connectivity index (χ3n) is 4.95. The number of nitrogens with one attached hydrogen (secondary N) is 3. The van der Waals surface area contributed by atoms with Gasteiger partial charge >= 0.3 is 11.9 Å². The van der Waals surface area contributed by atoms with Crippen LogP contribution in [0.15, 0.2) is 0 Å². The molecule has 12 heteroatoms. The van der Waals surface area contributed by atoms with Gasteiger partial charge in [-0.1, -0.05) is 34.1 Å². The lowest BCUT2D eigenvalue weighted by Crippen LogP contribution is -2.59. The number of hydrogen-bond donors (Lipinski definition) is 7. The highest BCUT2D eigenvalue weighted by Crippen LogP contribution is 2.12. The third-order valence-corrected chi connectivity index (χ3v) is 4.95. The number of aliphatic hydroxyl groups is 1. The second-order valence-corrected chi connectivity index (χ2v) is 8.33. The Morgan fingerprint density at radius 3 is 1.78 bits per heavy atom. The summed E-state index contributed by atoms with van der Waals surface area (Å²) >= 11 is 0. The van der Waals surface area contributed by atoms with Gasteiger partial charge in [0.25, 0.3) is 0 Å². The van der Waals surface area contributed by atoms with Gasteiger partial charge in [0, 0.05) is 0 Å². The Labute approximate surface area is 187 Å². The summed E-state index contributed by atoms with van der Waals surface area (Å²) in [6.45, 7) is 8.41. The molecule has 0 spiro atoms. The van der Waals surface area contributed by atoms with Crippen LogP contribution in [-0.4, -0.2) is 75.3 Å². The SMILES string of the molecule is CCC(C)C(NC(=O)C(CC(C)C)NC(=O)C(N)C(C)O)C(=O)NC(CC(=O)O)C(=O)O. The van der Waals surface area contributed by atoms with E-state index in [1.165, 1.54) is 6.92 Å². The molecular weight excluding hydrogens is 424 g/mol. The molecule has 184 valence electrons. The molecule has 0 aliphatic carbocycles. The first kappa shape index (κ1) is 29.3. The normalized spacial score (nSPS) is 16.8. The number of hydrogen-bond acceptors (Lipinski definition) is 7. The molecule has 12 nitrogen and oxygen atoms in total. The van der Waals surface area contributed by atoms with Crippen LogP contribution in [0, 0.1) is 11.8 Å². The Bertz CT molecular complexity index is 683. The van der Waals surface area contributed by atoms with Gasteiger partial charge in [-0.25, -0.2) is 4.79 Å². The fourth-order valence-electron chi connectivity index (χ4n) is 2.78. The van der Waals surface area contributed by atoms with Gasteiger partial charge in [0.15, 0.2) is 0 Å². The lowest BCUT2D eigenvalue weighted by Gasteiger charge is -2.28. The first-order valence-corrected chi connectivity index (χ1v) is 10.5. The molecule has 32 heavy (non-hydrogen) atoms. The number of amides is 3. The molecular formula is C20H36N4O8. The summed E-state index contributed by atoms with van der Waals surface area (Å²) in [6, 6.07) is -5.14. The first-order chi connectivity index (χ1) is 14.7. The number of aliphatic carboxylic acids is 2. The maximum Gasteiger partial charge on any atom is 0.326 e. The van der Waals surface area contributed by atoms with E-state index in [-0.39, 0.29) is 12.3 Å². The maximum atomic E-state index is 12.9. The zero-order valence-electron chi connectivity index (χ0n) is 19.1. The molecule has 3 amide bonds. The summed E-state index contributed by atoms with van der Waals surface area (Å²) in [7, 11) is 0. The zero-order valence-corrected chi connectivity index (χ0v) is 19.1. The highest BCUT2D eigenvalue weighted by molar-refractivity contribution is 5.94. The standard InChI is InChI=1S/C20H36N4O8/c1-6-10(4)16(19(30)23-13(20(31)32)8-14(26)27)24-17(28)12(7-9(2)3)22-18(29)15(21)11(5)25/h9-13,15-16,25H,6-8,21H2,1-5H3,(H,22,29)(H,23,30)(H,24,28)(H,26,27)(H,31,32). The molecule has 0 saturated carbocycles. The van der Waals surface area contributed by atoms with E-state index in [9.17, 15) is 29.1 Å². The Morgan fingerprint density at radius 2 is 1.38 bits per heavy atom. The molecule has 0 heterocycles. The van der Waals surface area contributed by atoms with Crippen molar-refractivity contribution >= 4 is 29.7 Å². The highest BCUT2D eigenvalue weighted by atomic mass is 16.4. The summed E-state index contributed by atoms with van der Waals surface area (Å²) in [5.74, 6) is -5.64. The monoisotopic (exact) mass is 460 g/mol. The van der Waals surface area contributed by atoms with E-state index in [0.717, 1.165) is 0 Å². The van der Waals surface area contributed by atoms with Crippen molar-refractivity contribution in [3.8, 4) is 0 Å². The van der Waals surface area contributed by atoms with Crippen molar-refractivity contribution < 1.29 is 39.3 Å². The number of carbonyl (C=O) groups is 5. The summed E-state index contributed by atoms with van der Waals surface area (Å²) in [5.41, 5.74) is 5.62. The van der Waals surface area contributed by atoms with Crippen LogP contribution in [0.25, 0.3) is 0 Å². The molecule has 0 aromatic heterocycles. The largest absolute Gasteiger partial charge is 0.481 e. The minimum absolute atomic E-state index is 0.0170. The highest BCUT2D eigenvalue weighted by Gasteiger charge is 2.33. The molecule has 0 bridgehead atoms. The lowest BCUT2D eigenvalue weighted by atomic mass is 9.96. The van der Waals surface area contributed by atoms with Gasteiger partial charge < -0.3 is 37.0 Å². The average Bonchev–Trinajstić information content (AvgIpc) is 2.68. The van der Waals surface area contributed by atoms with E-state index in [1.807, 2.05) is 13.8 Å². The van der Waals surface area contributed by atoms with Crippen LogP contribution in [0.5, 0.6) is 0 Å². The van der Waals surface area contributed by atoms with Crippen LogP contribution < -0.4 is 21.7 Å². The van der Waals surface area contributed by atoms with E-state index in [1.54, 1.807) is 13.8 Å². The Hall–Kier alpha value is -2.73. The predicted molar refractivity (Wildman–Crippen MR) is 114 cm³/mol. The summed E-state index contributed by atoms with van der Waals surface area (Å²) in [5, 5.41) is 34.7. The van der Waals surface area contributed by atoms with Gasteiger partial charge in [-0.3, -0.25) is 19.2 Å². The van der Waals surface area contributed by atoms with Gasteiger partial charge in [-0.05, 0) is 25.2 Å². The fourth-order valence-corrected chi connectivity index (χ4v) is 2.78. The molecule has 6 unspecified atom stereocenters. The Balaban J connectivity index is 5.59. The van der Waals surface area contributed by atoms with Crippen molar-refractivity contribution in [1.29, 1.82) is 0 Å². The van der Waals surface area contributed by atoms with E-state index in [2.05, 4.69) is 16.0 Å². The van der Waals surface area contributed by atoms with Crippen molar-refractivity contribution in [2.24, 2.45) is 17.6 Å². The molecule has 0 aromatic carbocycles.